The van der Waals surface area contributed by atoms with Crippen LogP contribution in [-0.2, 0) is 19.1 Å². The number of carbonyl (C=O) groups excluding carboxylic acids is 2. The molecule has 2 heterocycles. The second kappa shape index (κ2) is 8.71. The van der Waals surface area contributed by atoms with Gasteiger partial charge in [0.1, 0.15) is 18.0 Å². The number of hydrogen-bond donors (Lipinski definition) is 1. The molecule has 1 amide bonds. The fraction of sp³-hybridized carbons (Fsp3) is 0.440. The molecule has 6 heteroatoms. The Bertz CT molecular complexity index is 949. The van der Waals surface area contributed by atoms with Gasteiger partial charge >= 0.3 is 5.97 Å². The summed E-state index contributed by atoms with van der Waals surface area (Å²) in [7, 11) is 1.61. The number of nitrogens with one attached hydrogen (secondary N) is 1. The van der Waals surface area contributed by atoms with Crippen LogP contribution in [0.1, 0.15) is 38.2 Å². The molecule has 2 fully saturated rings. The van der Waals surface area contributed by atoms with Crippen LogP contribution in [0.25, 0.3) is 6.08 Å². The van der Waals surface area contributed by atoms with Gasteiger partial charge in [0.05, 0.1) is 12.7 Å². The number of hydrogen-bond acceptors (Lipinski definition) is 5. The molecule has 1 aromatic carbocycles. The molecule has 4 rings (SSSR count). The molecule has 0 unspecified atom stereocenters. The van der Waals surface area contributed by atoms with Crippen LogP contribution in [-0.4, -0.2) is 43.3 Å². The first-order valence-corrected chi connectivity index (χ1v) is 10.7. The first-order valence-electron chi connectivity index (χ1n) is 10.7. The molecule has 0 aromatic heterocycles. The predicted molar refractivity (Wildman–Crippen MR) is 117 cm³/mol. The van der Waals surface area contributed by atoms with Gasteiger partial charge in [0, 0.05) is 24.1 Å². The maximum absolute atomic E-state index is 12.3. The number of rotatable bonds is 5. The minimum atomic E-state index is -0.311. The van der Waals surface area contributed by atoms with Crippen molar-refractivity contribution in [2.75, 3.05) is 13.7 Å². The summed E-state index contributed by atoms with van der Waals surface area (Å²) in [5.41, 5.74) is 2.33. The van der Waals surface area contributed by atoms with Gasteiger partial charge < -0.3 is 19.5 Å². The van der Waals surface area contributed by atoms with Crippen LogP contribution in [0.4, 0.5) is 0 Å². The molecular formula is C25H29NO5. The third kappa shape index (κ3) is 4.74. The maximum Gasteiger partial charge on any atom is 0.334 e. The Morgan fingerprint density at radius 3 is 3.06 bits per heavy atom. The van der Waals surface area contributed by atoms with Crippen LogP contribution in [0, 0.1) is 5.92 Å². The van der Waals surface area contributed by atoms with E-state index in [-0.39, 0.29) is 35.6 Å². The van der Waals surface area contributed by atoms with E-state index in [0.717, 1.165) is 42.6 Å². The van der Waals surface area contributed by atoms with Crippen LogP contribution < -0.4 is 10.1 Å². The van der Waals surface area contributed by atoms with E-state index in [1.54, 1.807) is 13.2 Å². The maximum atomic E-state index is 12.3. The minimum absolute atomic E-state index is 0.0375. The number of amides is 1. The Labute approximate surface area is 182 Å². The summed E-state index contributed by atoms with van der Waals surface area (Å²) in [6, 6.07) is 7.53. The van der Waals surface area contributed by atoms with Crippen molar-refractivity contribution in [2.24, 2.45) is 5.92 Å². The number of benzene rings is 1. The largest absolute Gasteiger partial charge is 0.497 e. The number of carbonyl (C=O) groups is 2. The molecule has 2 aliphatic heterocycles. The molecule has 1 aromatic rings. The summed E-state index contributed by atoms with van der Waals surface area (Å²) in [5, 5.41) is 2.97. The van der Waals surface area contributed by atoms with Gasteiger partial charge in [-0.25, -0.2) is 4.79 Å². The first kappa shape index (κ1) is 21.4. The Morgan fingerprint density at radius 1 is 1.42 bits per heavy atom. The molecule has 3 aliphatic rings. The van der Waals surface area contributed by atoms with Gasteiger partial charge in [-0.05, 0) is 56.4 Å². The highest BCUT2D eigenvalue weighted by atomic mass is 16.6. The number of allylic oxidation sites excluding steroid dienone is 1. The van der Waals surface area contributed by atoms with Crippen molar-refractivity contribution in [3.63, 3.8) is 0 Å². The van der Waals surface area contributed by atoms with E-state index in [0.29, 0.717) is 12.1 Å². The fourth-order valence-electron chi connectivity index (χ4n) is 4.46. The molecule has 0 saturated carbocycles. The van der Waals surface area contributed by atoms with E-state index in [2.05, 4.69) is 24.9 Å². The summed E-state index contributed by atoms with van der Waals surface area (Å²) in [5.74, 6) is 0.247. The van der Waals surface area contributed by atoms with Crippen molar-refractivity contribution in [3.8, 4) is 5.75 Å². The molecule has 0 spiro atoms. The van der Waals surface area contributed by atoms with E-state index in [9.17, 15) is 9.59 Å². The van der Waals surface area contributed by atoms with E-state index in [1.807, 2.05) is 24.3 Å². The Morgan fingerprint density at radius 2 is 2.26 bits per heavy atom. The second-order valence-corrected chi connectivity index (χ2v) is 8.62. The first-order chi connectivity index (χ1) is 14.9. The van der Waals surface area contributed by atoms with Gasteiger partial charge in [-0.3, -0.25) is 4.79 Å². The zero-order valence-corrected chi connectivity index (χ0v) is 18.1. The molecule has 1 aliphatic carbocycles. The lowest BCUT2D eigenvalue weighted by atomic mass is 9.84. The lowest BCUT2D eigenvalue weighted by Crippen LogP contribution is -2.29. The fourth-order valence-corrected chi connectivity index (χ4v) is 4.46. The van der Waals surface area contributed by atoms with Gasteiger partial charge in [0.25, 0.3) is 0 Å². The normalized spacial score (nSPS) is 31.8. The summed E-state index contributed by atoms with van der Waals surface area (Å²) in [4.78, 5) is 24.4. The van der Waals surface area contributed by atoms with E-state index >= 15 is 0 Å². The quantitative estimate of drug-likeness (QED) is 0.339. The Balaban J connectivity index is 1.37. The molecule has 4 atom stereocenters. The van der Waals surface area contributed by atoms with Crippen LogP contribution in [0.2, 0.25) is 0 Å². The predicted octanol–water partition coefficient (Wildman–Crippen LogP) is 3.58. The number of epoxide rings is 1. The van der Waals surface area contributed by atoms with Crippen LogP contribution in [0.3, 0.4) is 0 Å². The molecule has 2 saturated heterocycles. The average molecular weight is 424 g/mol. The lowest BCUT2D eigenvalue weighted by Gasteiger charge is -2.20. The number of fused-ring (bicyclic) bond motifs is 3. The van der Waals surface area contributed by atoms with Crippen molar-refractivity contribution >= 4 is 18.0 Å². The SMILES string of the molecule is C=C1C(=O)O[C@H]2[C@H]1CC/C(CNC(=O)/C=C/c1cccc(OC)c1)=C\CC[C@@]1(C)O[C@@H]21. The van der Waals surface area contributed by atoms with Crippen molar-refractivity contribution < 1.29 is 23.8 Å². The standard InChI is InChI=1S/C25H29NO5/c1-16-20-11-9-18(7-5-13-25(2)23(31-25)22(20)30-24(16)28)15-26-21(27)12-10-17-6-4-8-19(14-17)29-3/h4,6-8,10,12,14,20,22-23H,1,5,9,11,13,15H2,2-3H3,(H,26,27)/b12-10+,18-7+/t20-,22-,23-,25+/m0/s1. The molecule has 164 valence electrons. The van der Waals surface area contributed by atoms with Gasteiger partial charge in [-0.2, -0.15) is 0 Å². The van der Waals surface area contributed by atoms with E-state index in [4.69, 9.17) is 14.2 Å². The molecular weight excluding hydrogens is 394 g/mol. The van der Waals surface area contributed by atoms with Gasteiger partial charge in [0.15, 0.2) is 0 Å². The third-order valence-corrected chi connectivity index (χ3v) is 6.45. The highest BCUT2D eigenvalue weighted by Crippen LogP contribution is 2.49. The van der Waals surface area contributed by atoms with Crippen molar-refractivity contribution in [1.29, 1.82) is 0 Å². The number of esters is 1. The highest BCUT2D eigenvalue weighted by molar-refractivity contribution is 5.92. The monoisotopic (exact) mass is 423 g/mol. The Hall–Kier alpha value is -2.86. The number of ether oxygens (including phenoxy) is 3. The molecule has 0 radical (unpaired) electrons. The van der Waals surface area contributed by atoms with E-state index in [1.165, 1.54) is 6.08 Å². The third-order valence-electron chi connectivity index (χ3n) is 6.45. The summed E-state index contributed by atoms with van der Waals surface area (Å²) >= 11 is 0. The average Bonchev–Trinajstić information content (AvgIpc) is 3.36. The van der Waals surface area contributed by atoms with Crippen LogP contribution in [0.5, 0.6) is 5.75 Å². The summed E-state index contributed by atoms with van der Waals surface area (Å²) in [6.45, 7) is 6.50. The highest BCUT2D eigenvalue weighted by Gasteiger charge is 2.61. The smallest absolute Gasteiger partial charge is 0.334 e. The van der Waals surface area contributed by atoms with Crippen molar-refractivity contribution in [2.45, 2.75) is 50.4 Å². The van der Waals surface area contributed by atoms with Gasteiger partial charge in [0.2, 0.25) is 5.91 Å². The molecule has 1 N–H and O–H groups in total. The lowest BCUT2D eigenvalue weighted by molar-refractivity contribution is -0.140. The van der Waals surface area contributed by atoms with E-state index < -0.39 is 0 Å². The molecule has 6 nitrogen and oxygen atoms in total. The zero-order valence-electron chi connectivity index (χ0n) is 18.1. The second-order valence-electron chi connectivity index (χ2n) is 8.62. The zero-order chi connectivity index (χ0) is 22.0. The molecule has 31 heavy (non-hydrogen) atoms. The number of methoxy groups -OCH3 is 1. The van der Waals surface area contributed by atoms with Crippen molar-refractivity contribution in [3.05, 3.63) is 59.7 Å². The summed E-state index contributed by atoms with van der Waals surface area (Å²) < 4.78 is 16.7. The van der Waals surface area contributed by atoms with Crippen LogP contribution >= 0.6 is 0 Å². The van der Waals surface area contributed by atoms with Crippen LogP contribution in [0.15, 0.2) is 54.1 Å². The van der Waals surface area contributed by atoms with Gasteiger partial charge in [-0.1, -0.05) is 30.4 Å². The minimum Gasteiger partial charge on any atom is -0.497 e. The molecule has 0 bridgehead atoms. The van der Waals surface area contributed by atoms with Crippen molar-refractivity contribution in [1.82, 2.24) is 5.32 Å². The Kier molecular flexibility index (Phi) is 6.01. The van der Waals surface area contributed by atoms with Gasteiger partial charge in [-0.15, -0.1) is 0 Å². The summed E-state index contributed by atoms with van der Waals surface area (Å²) in [6.07, 6.45) is 8.45. The topological polar surface area (TPSA) is 77.2 Å².